The molecule has 1 aliphatic carbocycles. The Labute approximate surface area is 141 Å². The molecule has 0 amide bonds. The van der Waals surface area contributed by atoms with Gasteiger partial charge in [0.1, 0.15) is 0 Å². The van der Waals surface area contributed by atoms with Gasteiger partial charge in [0.25, 0.3) is 0 Å². The third-order valence-corrected chi connectivity index (χ3v) is 7.18. The van der Waals surface area contributed by atoms with Crippen LogP contribution < -0.4 is 5.32 Å². The van der Waals surface area contributed by atoms with Gasteiger partial charge in [-0.15, -0.1) is 11.3 Å². The number of hydrogen-bond acceptors (Lipinski definition) is 3. The fraction of sp³-hybridized carbons (Fsp3) is 0.765. The summed E-state index contributed by atoms with van der Waals surface area (Å²) in [6.45, 7) is 5.82. The van der Waals surface area contributed by atoms with Crippen LogP contribution >= 0.6 is 27.3 Å². The van der Waals surface area contributed by atoms with Crippen LogP contribution in [0.25, 0.3) is 0 Å². The van der Waals surface area contributed by atoms with Gasteiger partial charge in [0.2, 0.25) is 0 Å². The van der Waals surface area contributed by atoms with Crippen molar-refractivity contribution in [1.82, 2.24) is 10.2 Å². The second-order valence-electron chi connectivity index (χ2n) is 6.60. The van der Waals surface area contributed by atoms with E-state index in [9.17, 15) is 0 Å². The molecule has 1 N–H and O–H groups in total. The smallest absolute Gasteiger partial charge is 0.0343 e. The van der Waals surface area contributed by atoms with Crippen LogP contribution in [0.3, 0.4) is 0 Å². The molecule has 2 unspecified atom stereocenters. The van der Waals surface area contributed by atoms with Crippen LogP contribution in [-0.2, 0) is 6.54 Å². The summed E-state index contributed by atoms with van der Waals surface area (Å²) in [6.07, 6.45) is 8.44. The minimum Gasteiger partial charge on any atom is -0.311 e. The molecule has 0 aromatic carbocycles. The molecule has 0 radical (unpaired) electrons. The van der Waals surface area contributed by atoms with Crippen LogP contribution in [0.2, 0.25) is 0 Å². The summed E-state index contributed by atoms with van der Waals surface area (Å²) in [4.78, 5) is 4.27. The van der Waals surface area contributed by atoms with Crippen LogP contribution in [0.15, 0.2) is 15.9 Å². The molecule has 1 saturated carbocycles. The van der Waals surface area contributed by atoms with E-state index in [-0.39, 0.29) is 0 Å². The van der Waals surface area contributed by atoms with Gasteiger partial charge in [-0.25, -0.2) is 0 Å². The molecule has 21 heavy (non-hydrogen) atoms. The average Bonchev–Trinajstić information content (AvgIpc) is 2.93. The van der Waals surface area contributed by atoms with E-state index in [0.29, 0.717) is 6.04 Å². The summed E-state index contributed by atoms with van der Waals surface area (Å²) in [5.41, 5.74) is 0. The molecular formula is C17H27BrN2S. The van der Waals surface area contributed by atoms with E-state index in [4.69, 9.17) is 0 Å². The molecule has 3 rings (SSSR count). The lowest BCUT2D eigenvalue weighted by Crippen LogP contribution is -2.58. The van der Waals surface area contributed by atoms with Crippen molar-refractivity contribution in [1.29, 1.82) is 0 Å². The normalized spacial score (nSPS) is 28.9. The van der Waals surface area contributed by atoms with Gasteiger partial charge >= 0.3 is 0 Å². The standard InChI is InChI=1S/C17H27BrN2S/c1-2-14-11-20(12-17-15(18)8-9-21-17)16(10-19-14)13-6-4-3-5-7-13/h8-9,13-14,16,19H,2-7,10-12H2,1H3. The zero-order chi connectivity index (χ0) is 14.7. The van der Waals surface area contributed by atoms with Crippen molar-refractivity contribution in [2.24, 2.45) is 5.92 Å². The van der Waals surface area contributed by atoms with Crippen molar-refractivity contribution in [2.45, 2.75) is 64.1 Å². The van der Waals surface area contributed by atoms with Gasteiger partial charge < -0.3 is 5.32 Å². The van der Waals surface area contributed by atoms with Crippen molar-refractivity contribution in [3.05, 3.63) is 20.8 Å². The average molecular weight is 371 g/mol. The fourth-order valence-corrected chi connectivity index (χ4v) is 5.46. The molecular weight excluding hydrogens is 344 g/mol. The second-order valence-corrected chi connectivity index (χ2v) is 8.46. The van der Waals surface area contributed by atoms with E-state index in [0.717, 1.165) is 18.5 Å². The molecule has 4 heteroatoms. The molecule has 0 spiro atoms. The number of piperazine rings is 1. The maximum absolute atomic E-state index is 3.79. The Morgan fingerprint density at radius 1 is 1.33 bits per heavy atom. The number of nitrogens with zero attached hydrogens (tertiary/aromatic N) is 1. The van der Waals surface area contributed by atoms with E-state index in [1.54, 1.807) is 0 Å². The van der Waals surface area contributed by atoms with Gasteiger partial charge in [0.15, 0.2) is 0 Å². The van der Waals surface area contributed by atoms with Crippen molar-refractivity contribution < 1.29 is 0 Å². The van der Waals surface area contributed by atoms with Crippen LogP contribution in [-0.4, -0.2) is 30.1 Å². The molecule has 1 saturated heterocycles. The number of rotatable bonds is 4. The second kappa shape index (κ2) is 7.58. The number of hydrogen-bond donors (Lipinski definition) is 1. The number of nitrogens with one attached hydrogen (secondary N) is 1. The topological polar surface area (TPSA) is 15.3 Å². The maximum Gasteiger partial charge on any atom is 0.0343 e. The minimum absolute atomic E-state index is 0.670. The molecule has 2 aliphatic rings. The summed E-state index contributed by atoms with van der Waals surface area (Å²) in [5, 5.41) is 5.99. The Bertz CT molecular complexity index is 442. The van der Waals surface area contributed by atoms with Crippen molar-refractivity contribution >= 4 is 27.3 Å². The lowest BCUT2D eigenvalue weighted by atomic mass is 9.82. The molecule has 2 heterocycles. The van der Waals surface area contributed by atoms with Gasteiger partial charge in [-0.2, -0.15) is 0 Å². The molecule has 0 bridgehead atoms. The fourth-order valence-electron chi connectivity index (χ4n) is 3.96. The predicted molar refractivity (Wildman–Crippen MR) is 94.9 cm³/mol. The monoisotopic (exact) mass is 370 g/mol. The highest BCUT2D eigenvalue weighted by Gasteiger charge is 2.33. The first-order chi connectivity index (χ1) is 10.3. The Morgan fingerprint density at radius 3 is 2.81 bits per heavy atom. The Hall–Kier alpha value is 0.1000. The first kappa shape index (κ1) is 16.0. The van der Waals surface area contributed by atoms with E-state index < -0.39 is 0 Å². The Kier molecular flexibility index (Phi) is 5.77. The molecule has 2 nitrogen and oxygen atoms in total. The lowest BCUT2D eigenvalue weighted by Gasteiger charge is -2.45. The summed E-state index contributed by atoms with van der Waals surface area (Å²) in [5.74, 6) is 0.905. The Balaban J connectivity index is 1.71. The zero-order valence-corrected chi connectivity index (χ0v) is 15.4. The molecule has 2 fully saturated rings. The summed E-state index contributed by atoms with van der Waals surface area (Å²) >= 11 is 5.60. The summed E-state index contributed by atoms with van der Waals surface area (Å²) in [7, 11) is 0. The first-order valence-corrected chi connectivity index (χ1v) is 10.1. The van der Waals surface area contributed by atoms with E-state index >= 15 is 0 Å². The summed E-state index contributed by atoms with van der Waals surface area (Å²) < 4.78 is 1.29. The van der Waals surface area contributed by atoms with Gasteiger partial charge in [-0.05, 0) is 52.6 Å². The van der Waals surface area contributed by atoms with E-state index in [2.05, 4.69) is 44.5 Å². The quantitative estimate of drug-likeness (QED) is 0.829. The molecule has 118 valence electrons. The molecule has 1 aliphatic heterocycles. The number of thiophene rings is 1. The van der Waals surface area contributed by atoms with Crippen molar-refractivity contribution in [3.63, 3.8) is 0 Å². The van der Waals surface area contributed by atoms with Gasteiger partial charge in [-0.3, -0.25) is 4.90 Å². The first-order valence-electron chi connectivity index (χ1n) is 8.47. The predicted octanol–water partition coefficient (Wildman–Crippen LogP) is 4.64. The largest absolute Gasteiger partial charge is 0.311 e. The molecule has 1 aromatic rings. The summed E-state index contributed by atoms with van der Waals surface area (Å²) in [6, 6.07) is 3.60. The van der Waals surface area contributed by atoms with Gasteiger partial charge in [0.05, 0.1) is 0 Å². The third kappa shape index (κ3) is 3.90. The SMILES string of the molecule is CCC1CN(Cc2sccc2Br)C(C2CCCCC2)CN1. The van der Waals surface area contributed by atoms with E-state index in [1.165, 1.54) is 61.0 Å². The Morgan fingerprint density at radius 2 is 2.14 bits per heavy atom. The molecule has 1 aromatic heterocycles. The zero-order valence-electron chi connectivity index (χ0n) is 13.0. The van der Waals surface area contributed by atoms with E-state index in [1.807, 2.05) is 11.3 Å². The van der Waals surface area contributed by atoms with Crippen LogP contribution in [0.5, 0.6) is 0 Å². The van der Waals surface area contributed by atoms with Crippen molar-refractivity contribution in [3.8, 4) is 0 Å². The van der Waals surface area contributed by atoms with Gasteiger partial charge in [0, 0.05) is 41.1 Å². The van der Waals surface area contributed by atoms with Crippen LogP contribution in [0, 0.1) is 5.92 Å². The number of halogens is 1. The lowest BCUT2D eigenvalue weighted by molar-refractivity contribution is 0.0652. The van der Waals surface area contributed by atoms with Crippen LogP contribution in [0.1, 0.15) is 50.3 Å². The van der Waals surface area contributed by atoms with Crippen molar-refractivity contribution in [2.75, 3.05) is 13.1 Å². The van der Waals surface area contributed by atoms with Gasteiger partial charge in [-0.1, -0.05) is 26.2 Å². The highest BCUT2D eigenvalue weighted by Crippen LogP contribution is 2.33. The highest BCUT2D eigenvalue weighted by atomic mass is 79.9. The maximum atomic E-state index is 3.79. The van der Waals surface area contributed by atoms with Crippen LogP contribution in [0.4, 0.5) is 0 Å². The minimum atomic E-state index is 0.670. The highest BCUT2D eigenvalue weighted by molar-refractivity contribution is 9.10. The molecule has 2 atom stereocenters. The third-order valence-electron chi connectivity index (χ3n) is 5.26.